The van der Waals surface area contributed by atoms with E-state index in [1.165, 1.54) is 12.1 Å². The molecule has 1 atom stereocenters. The molecule has 3 rings (SSSR count). The van der Waals surface area contributed by atoms with Crippen LogP contribution in [0, 0.1) is 0 Å². The van der Waals surface area contributed by atoms with Crippen molar-refractivity contribution in [3.05, 3.63) is 23.8 Å². The molecule has 9 heteroatoms. The van der Waals surface area contributed by atoms with Gasteiger partial charge in [0.15, 0.2) is 0 Å². The van der Waals surface area contributed by atoms with Crippen molar-refractivity contribution in [2.75, 3.05) is 29.5 Å². The summed E-state index contributed by atoms with van der Waals surface area (Å²) in [7, 11) is 0. The minimum atomic E-state index is -3.66. The molecule has 1 aromatic carbocycles. The van der Waals surface area contributed by atoms with E-state index in [1.54, 1.807) is 6.92 Å². The van der Waals surface area contributed by atoms with Crippen LogP contribution in [-0.2, 0) is 25.0 Å². The van der Waals surface area contributed by atoms with E-state index in [0.29, 0.717) is 6.42 Å². The van der Waals surface area contributed by atoms with Gasteiger partial charge in [0.25, 0.3) is 0 Å². The Labute approximate surface area is 148 Å². The van der Waals surface area contributed by atoms with Gasteiger partial charge in [-0.05, 0) is 31.5 Å². The standard InChI is InChI=1S/C17H18F2N2O5/c1-3-7-25-14(22)13-9-21(16(24)26-13)10-5-6-12-11(8-10)17(18,19)15(23)20(12)4-2/h5-6,8,13H,3-4,7,9H2,1-2H3. The van der Waals surface area contributed by atoms with Gasteiger partial charge in [-0.25, -0.2) is 9.59 Å². The fraction of sp³-hybridized carbons (Fsp3) is 0.471. The molecule has 0 N–H and O–H groups in total. The zero-order valence-electron chi connectivity index (χ0n) is 14.3. The van der Waals surface area contributed by atoms with Gasteiger partial charge in [0.05, 0.1) is 24.4 Å². The predicted octanol–water partition coefficient (Wildman–Crippen LogP) is 2.42. The molecule has 0 aliphatic carbocycles. The molecule has 2 amide bonds. The van der Waals surface area contributed by atoms with Gasteiger partial charge < -0.3 is 14.4 Å². The summed E-state index contributed by atoms with van der Waals surface area (Å²) in [6, 6.07) is 3.89. The highest BCUT2D eigenvalue weighted by Crippen LogP contribution is 2.45. The molecule has 2 aliphatic heterocycles. The van der Waals surface area contributed by atoms with Gasteiger partial charge >= 0.3 is 23.9 Å². The molecule has 1 fully saturated rings. The maximum Gasteiger partial charge on any atom is 0.415 e. The molecule has 1 aromatic rings. The fourth-order valence-corrected chi connectivity index (χ4v) is 2.98. The first kappa shape index (κ1) is 18.1. The summed E-state index contributed by atoms with van der Waals surface area (Å²) in [5.74, 6) is -5.64. The third-order valence-electron chi connectivity index (χ3n) is 4.27. The van der Waals surface area contributed by atoms with Crippen molar-refractivity contribution in [2.45, 2.75) is 32.3 Å². The Morgan fingerprint density at radius 2 is 2.08 bits per heavy atom. The van der Waals surface area contributed by atoms with Crippen LogP contribution in [0.1, 0.15) is 25.8 Å². The number of fused-ring (bicyclic) bond motifs is 1. The van der Waals surface area contributed by atoms with Crippen LogP contribution < -0.4 is 9.80 Å². The lowest BCUT2D eigenvalue weighted by molar-refractivity contribution is -0.151. The second kappa shape index (κ2) is 6.54. The predicted molar refractivity (Wildman–Crippen MR) is 87.2 cm³/mol. The summed E-state index contributed by atoms with van der Waals surface area (Å²) >= 11 is 0. The number of rotatable bonds is 5. The molecule has 2 heterocycles. The van der Waals surface area contributed by atoms with E-state index in [0.717, 1.165) is 15.9 Å². The molecule has 7 nitrogen and oxygen atoms in total. The second-order valence-corrected chi connectivity index (χ2v) is 5.98. The molecule has 2 aliphatic rings. The van der Waals surface area contributed by atoms with Crippen molar-refractivity contribution in [1.29, 1.82) is 0 Å². The Balaban J connectivity index is 1.86. The van der Waals surface area contributed by atoms with Gasteiger partial charge in [-0.1, -0.05) is 6.92 Å². The SMILES string of the molecule is CCCOC(=O)C1CN(c2ccc3c(c2)C(F)(F)C(=O)N3CC)C(=O)O1. The number of nitrogens with zero attached hydrogens (tertiary/aromatic N) is 2. The zero-order valence-corrected chi connectivity index (χ0v) is 14.3. The molecule has 140 valence electrons. The summed E-state index contributed by atoms with van der Waals surface area (Å²) in [5, 5.41) is 0. The Bertz CT molecular complexity index is 768. The summed E-state index contributed by atoms with van der Waals surface area (Å²) in [6.45, 7) is 3.59. The molecule has 26 heavy (non-hydrogen) atoms. The maximum absolute atomic E-state index is 14.3. The zero-order chi connectivity index (χ0) is 19.1. The van der Waals surface area contributed by atoms with E-state index >= 15 is 0 Å². The van der Waals surface area contributed by atoms with Gasteiger partial charge in [-0.2, -0.15) is 8.78 Å². The third-order valence-corrected chi connectivity index (χ3v) is 4.27. The highest BCUT2D eigenvalue weighted by atomic mass is 19.3. The number of hydrogen-bond acceptors (Lipinski definition) is 5. The number of hydrogen-bond donors (Lipinski definition) is 0. The number of likely N-dealkylation sites (N-methyl/N-ethyl adjacent to an activating group) is 1. The quantitative estimate of drug-likeness (QED) is 0.746. The van der Waals surface area contributed by atoms with Gasteiger partial charge in [0.2, 0.25) is 6.10 Å². The van der Waals surface area contributed by atoms with Crippen LogP contribution in [0.5, 0.6) is 0 Å². The number of halogens is 2. The molecule has 1 saturated heterocycles. The van der Waals surface area contributed by atoms with Crippen molar-refractivity contribution in [2.24, 2.45) is 0 Å². The van der Waals surface area contributed by atoms with E-state index in [4.69, 9.17) is 9.47 Å². The number of alkyl halides is 2. The van der Waals surface area contributed by atoms with E-state index in [1.807, 2.05) is 6.92 Å². The van der Waals surface area contributed by atoms with E-state index < -0.39 is 35.6 Å². The Hall–Kier alpha value is -2.71. The van der Waals surface area contributed by atoms with Crippen molar-refractivity contribution >= 4 is 29.3 Å². The topological polar surface area (TPSA) is 76.2 Å². The average molecular weight is 368 g/mol. The van der Waals surface area contributed by atoms with Crippen LogP contribution in [0.25, 0.3) is 0 Å². The van der Waals surface area contributed by atoms with Gasteiger partial charge in [0, 0.05) is 12.2 Å². The van der Waals surface area contributed by atoms with Gasteiger partial charge in [0.1, 0.15) is 0 Å². The lowest BCUT2D eigenvalue weighted by Crippen LogP contribution is -2.34. The summed E-state index contributed by atoms with van der Waals surface area (Å²) in [6.07, 6.45) is -1.32. The van der Waals surface area contributed by atoms with Crippen LogP contribution >= 0.6 is 0 Å². The normalized spacial score (nSPS) is 21.0. The van der Waals surface area contributed by atoms with Crippen molar-refractivity contribution in [1.82, 2.24) is 0 Å². The van der Waals surface area contributed by atoms with Crippen molar-refractivity contribution in [3.63, 3.8) is 0 Å². The van der Waals surface area contributed by atoms with Crippen LogP contribution in [0.3, 0.4) is 0 Å². The Morgan fingerprint density at radius 3 is 2.73 bits per heavy atom. The summed E-state index contributed by atoms with van der Waals surface area (Å²) in [5.41, 5.74) is -0.227. The largest absolute Gasteiger partial charge is 0.463 e. The first-order chi connectivity index (χ1) is 12.3. The second-order valence-electron chi connectivity index (χ2n) is 5.98. The van der Waals surface area contributed by atoms with Gasteiger partial charge in [-0.3, -0.25) is 9.69 Å². The van der Waals surface area contributed by atoms with Crippen molar-refractivity contribution < 1.29 is 32.6 Å². The summed E-state index contributed by atoms with van der Waals surface area (Å²) < 4.78 is 38.5. The number of amides is 2. The third kappa shape index (κ3) is 2.77. The molecular weight excluding hydrogens is 350 g/mol. The van der Waals surface area contributed by atoms with Crippen LogP contribution in [0.4, 0.5) is 25.0 Å². The lowest BCUT2D eigenvalue weighted by atomic mass is 10.1. The minimum Gasteiger partial charge on any atom is -0.463 e. The molecular formula is C17H18F2N2O5. The van der Waals surface area contributed by atoms with Crippen LogP contribution in [-0.4, -0.2) is 43.8 Å². The molecule has 1 unspecified atom stereocenters. The number of cyclic esters (lactones) is 1. The Kier molecular flexibility index (Phi) is 4.55. The number of carbonyl (C=O) groups is 3. The van der Waals surface area contributed by atoms with Crippen LogP contribution in [0.15, 0.2) is 18.2 Å². The number of anilines is 2. The number of carbonyl (C=O) groups excluding carboxylic acids is 3. The maximum atomic E-state index is 14.3. The fourth-order valence-electron chi connectivity index (χ4n) is 2.98. The molecule has 0 saturated carbocycles. The number of ether oxygens (including phenoxy) is 2. The van der Waals surface area contributed by atoms with Crippen LogP contribution in [0.2, 0.25) is 0 Å². The molecule has 0 bridgehead atoms. The monoisotopic (exact) mass is 368 g/mol. The van der Waals surface area contributed by atoms with E-state index in [9.17, 15) is 23.2 Å². The first-order valence-electron chi connectivity index (χ1n) is 8.30. The van der Waals surface area contributed by atoms with Crippen molar-refractivity contribution in [3.8, 4) is 0 Å². The van der Waals surface area contributed by atoms with Gasteiger partial charge in [-0.15, -0.1) is 0 Å². The number of benzene rings is 1. The highest BCUT2D eigenvalue weighted by molar-refractivity contribution is 6.06. The minimum absolute atomic E-state index is 0.109. The highest BCUT2D eigenvalue weighted by Gasteiger charge is 2.52. The average Bonchev–Trinajstić information content (AvgIpc) is 3.09. The van der Waals surface area contributed by atoms with E-state index in [2.05, 4.69) is 0 Å². The lowest BCUT2D eigenvalue weighted by Gasteiger charge is -2.16. The number of esters is 1. The first-order valence-corrected chi connectivity index (χ1v) is 8.30. The smallest absolute Gasteiger partial charge is 0.415 e. The Morgan fingerprint density at radius 1 is 1.35 bits per heavy atom. The van der Waals surface area contributed by atoms with E-state index in [-0.39, 0.29) is 31.1 Å². The molecule has 0 radical (unpaired) electrons. The summed E-state index contributed by atoms with van der Waals surface area (Å²) in [4.78, 5) is 37.8. The molecule has 0 spiro atoms. The molecule has 0 aromatic heterocycles.